The average Bonchev–Trinajstić information content (AvgIpc) is 3.12. The highest BCUT2D eigenvalue weighted by Crippen LogP contribution is 2.29. The number of fused-ring (bicyclic) bond motifs is 1. The van der Waals surface area contributed by atoms with Gasteiger partial charge in [-0.25, -0.2) is 0 Å². The quantitative estimate of drug-likeness (QED) is 0.168. The van der Waals surface area contributed by atoms with E-state index in [1.807, 2.05) is 55.5 Å². The maximum Gasteiger partial charge on any atom is 0.261 e. The van der Waals surface area contributed by atoms with Gasteiger partial charge in [-0.1, -0.05) is 76.6 Å². The molecule has 170 valence electrons. The van der Waals surface area contributed by atoms with Crippen molar-refractivity contribution in [3.63, 3.8) is 0 Å². The number of halogens is 1. The fraction of sp³-hybridized carbons (Fsp3) is 0.172. The predicted octanol–water partition coefficient (Wildman–Crippen LogP) is 6.42. The molecule has 0 saturated heterocycles. The normalized spacial score (nSPS) is 11.4. The van der Waals surface area contributed by atoms with Crippen LogP contribution in [0.1, 0.15) is 28.8 Å². The summed E-state index contributed by atoms with van der Waals surface area (Å²) >= 11 is 3.49. The Hall–Kier alpha value is -3.62. The zero-order valence-electron chi connectivity index (χ0n) is 19.1. The smallest absolute Gasteiger partial charge is 0.261 e. The van der Waals surface area contributed by atoms with Crippen molar-refractivity contribution in [1.29, 1.82) is 5.26 Å². The van der Waals surface area contributed by atoms with E-state index in [4.69, 9.17) is 0 Å². The third-order valence-corrected chi connectivity index (χ3v) is 6.49. The number of nitrogens with one attached hydrogen (secondary N) is 1. The third-order valence-electron chi connectivity index (χ3n) is 5.96. The zero-order chi connectivity index (χ0) is 23.9. The van der Waals surface area contributed by atoms with Crippen LogP contribution in [0.25, 0.3) is 17.0 Å². The van der Waals surface area contributed by atoms with Crippen LogP contribution in [0.15, 0.2) is 88.9 Å². The van der Waals surface area contributed by atoms with Gasteiger partial charge < -0.3 is 9.88 Å². The van der Waals surface area contributed by atoms with Gasteiger partial charge in [0.15, 0.2) is 0 Å². The minimum absolute atomic E-state index is 0.120. The van der Waals surface area contributed by atoms with Crippen molar-refractivity contribution in [1.82, 2.24) is 9.88 Å². The fourth-order valence-electron chi connectivity index (χ4n) is 4.14. The van der Waals surface area contributed by atoms with Crippen molar-refractivity contribution in [2.24, 2.45) is 0 Å². The molecule has 0 aliphatic heterocycles. The molecule has 0 bridgehead atoms. The maximum absolute atomic E-state index is 12.8. The first-order valence-electron chi connectivity index (χ1n) is 11.3. The number of aromatic nitrogens is 1. The standard InChI is InChI=1S/C29H26BrN3O/c1-21-27(18-24(19-31)29(34)32-17-7-10-22-8-3-2-4-9-22)26-11-5-6-12-28(26)33(21)20-23-13-15-25(30)16-14-23/h2-6,8-9,11-16,18H,7,10,17,20H2,1H3,(H,32,34)/b24-18-. The van der Waals surface area contributed by atoms with E-state index in [1.54, 1.807) is 6.08 Å². The second-order valence-corrected chi connectivity index (χ2v) is 9.16. The van der Waals surface area contributed by atoms with Crippen LogP contribution in [-0.4, -0.2) is 17.0 Å². The number of rotatable bonds is 8. The molecule has 0 radical (unpaired) electrons. The topological polar surface area (TPSA) is 57.8 Å². The lowest BCUT2D eigenvalue weighted by Gasteiger charge is -2.09. The highest BCUT2D eigenvalue weighted by Gasteiger charge is 2.16. The molecule has 4 aromatic rings. The van der Waals surface area contributed by atoms with E-state index < -0.39 is 0 Å². The van der Waals surface area contributed by atoms with Crippen molar-refractivity contribution >= 4 is 38.8 Å². The molecule has 0 atom stereocenters. The van der Waals surface area contributed by atoms with Crippen LogP contribution < -0.4 is 5.32 Å². The number of amides is 1. The summed E-state index contributed by atoms with van der Waals surface area (Å²) in [5.41, 5.74) is 5.54. The fourth-order valence-corrected chi connectivity index (χ4v) is 4.41. The molecular weight excluding hydrogens is 486 g/mol. The summed E-state index contributed by atoms with van der Waals surface area (Å²) in [5, 5.41) is 13.7. The van der Waals surface area contributed by atoms with E-state index >= 15 is 0 Å². The molecule has 0 aliphatic carbocycles. The first-order valence-corrected chi connectivity index (χ1v) is 12.1. The summed E-state index contributed by atoms with van der Waals surface area (Å²) < 4.78 is 3.28. The van der Waals surface area contributed by atoms with E-state index in [-0.39, 0.29) is 11.5 Å². The number of hydrogen-bond acceptors (Lipinski definition) is 2. The molecule has 0 saturated carbocycles. The summed E-state index contributed by atoms with van der Waals surface area (Å²) in [6.45, 7) is 3.27. The summed E-state index contributed by atoms with van der Waals surface area (Å²) in [7, 11) is 0. The molecule has 0 fully saturated rings. The first-order chi connectivity index (χ1) is 16.6. The van der Waals surface area contributed by atoms with Gasteiger partial charge in [-0.3, -0.25) is 4.79 Å². The Bertz CT molecular complexity index is 1360. The Morgan fingerprint density at radius 1 is 1.00 bits per heavy atom. The van der Waals surface area contributed by atoms with E-state index in [9.17, 15) is 10.1 Å². The maximum atomic E-state index is 12.8. The van der Waals surface area contributed by atoms with Gasteiger partial charge >= 0.3 is 0 Å². The summed E-state index contributed by atoms with van der Waals surface area (Å²) in [5.74, 6) is -0.334. The van der Waals surface area contributed by atoms with E-state index in [1.165, 1.54) is 11.1 Å². The van der Waals surface area contributed by atoms with Crippen molar-refractivity contribution in [2.75, 3.05) is 6.54 Å². The Morgan fingerprint density at radius 3 is 2.44 bits per heavy atom. The highest BCUT2D eigenvalue weighted by atomic mass is 79.9. The molecule has 1 aromatic heterocycles. The van der Waals surface area contributed by atoms with Gasteiger partial charge in [0.2, 0.25) is 0 Å². The second-order valence-electron chi connectivity index (χ2n) is 8.24. The number of carbonyl (C=O) groups excluding carboxylic acids is 1. The summed E-state index contributed by atoms with van der Waals surface area (Å²) in [6, 6.07) is 28.7. The van der Waals surface area contributed by atoms with Crippen LogP contribution in [0.3, 0.4) is 0 Å². The molecule has 34 heavy (non-hydrogen) atoms. The highest BCUT2D eigenvalue weighted by molar-refractivity contribution is 9.10. The van der Waals surface area contributed by atoms with Crippen molar-refractivity contribution in [3.05, 3.63) is 111 Å². The SMILES string of the molecule is Cc1c(/C=C(/C#N)C(=O)NCCCc2ccccc2)c2ccccc2n1Cc1ccc(Br)cc1. The van der Waals surface area contributed by atoms with E-state index in [0.717, 1.165) is 39.5 Å². The molecule has 0 unspecified atom stereocenters. The van der Waals surface area contributed by atoms with Gasteiger partial charge in [0.1, 0.15) is 11.6 Å². The largest absolute Gasteiger partial charge is 0.351 e. The molecule has 1 heterocycles. The molecule has 1 amide bonds. The van der Waals surface area contributed by atoms with Crippen LogP contribution >= 0.6 is 15.9 Å². The lowest BCUT2D eigenvalue weighted by atomic mass is 10.1. The Labute approximate surface area is 208 Å². The summed E-state index contributed by atoms with van der Waals surface area (Å²) in [4.78, 5) is 12.8. The van der Waals surface area contributed by atoms with Crippen molar-refractivity contribution in [2.45, 2.75) is 26.3 Å². The van der Waals surface area contributed by atoms with E-state index in [2.05, 4.69) is 62.2 Å². The van der Waals surface area contributed by atoms with Crippen LogP contribution in [0.5, 0.6) is 0 Å². The lowest BCUT2D eigenvalue weighted by molar-refractivity contribution is -0.117. The number of nitriles is 1. The molecule has 5 heteroatoms. The number of hydrogen-bond donors (Lipinski definition) is 1. The third kappa shape index (κ3) is 5.47. The van der Waals surface area contributed by atoms with Gasteiger partial charge in [0.25, 0.3) is 5.91 Å². The van der Waals surface area contributed by atoms with Crippen LogP contribution in [0.2, 0.25) is 0 Å². The average molecular weight is 512 g/mol. The van der Waals surface area contributed by atoms with Gasteiger partial charge in [-0.15, -0.1) is 0 Å². The summed E-state index contributed by atoms with van der Waals surface area (Å²) in [6.07, 6.45) is 3.43. The number of carbonyl (C=O) groups is 1. The number of nitrogens with zero attached hydrogens (tertiary/aromatic N) is 2. The number of para-hydroxylation sites is 1. The Kier molecular flexibility index (Phi) is 7.61. The zero-order valence-corrected chi connectivity index (χ0v) is 20.7. The number of aryl methyl sites for hydroxylation is 1. The second kappa shape index (κ2) is 11.0. The Balaban J connectivity index is 1.54. The predicted molar refractivity (Wildman–Crippen MR) is 141 cm³/mol. The minimum atomic E-state index is -0.334. The van der Waals surface area contributed by atoms with Gasteiger partial charge in [-0.2, -0.15) is 5.26 Å². The van der Waals surface area contributed by atoms with E-state index in [0.29, 0.717) is 13.1 Å². The first kappa shape index (κ1) is 23.5. The minimum Gasteiger partial charge on any atom is -0.351 e. The molecule has 0 spiro atoms. The number of benzene rings is 3. The molecular formula is C29H26BrN3O. The van der Waals surface area contributed by atoms with Gasteiger partial charge in [0.05, 0.1) is 0 Å². The molecule has 4 rings (SSSR count). The monoisotopic (exact) mass is 511 g/mol. The van der Waals surface area contributed by atoms with Crippen molar-refractivity contribution in [3.8, 4) is 6.07 Å². The lowest BCUT2D eigenvalue weighted by Crippen LogP contribution is -2.25. The molecule has 1 N–H and O–H groups in total. The van der Waals surface area contributed by atoms with Gasteiger partial charge in [-0.05, 0) is 55.2 Å². The van der Waals surface area contributed by atoms with Crippen molar-refractivity contribution < 1.29 is 4.79 Å². The molecule has 4 nitrogen and oxygen atoms in total. The van der Waals surface area contributed by atoms with Crippen LogP contribution in [-0.2, 0) is 17.8 Å². The Morgan fingerprint density at radius 2 is 1.71 bits per heavy atom. The molecule has 0 aliphatic rings. The van der Waals surface area contributed by atoms with Crippen LogP contribution in [0.4, 0.5) is 0 Å². The molecule has 3 aromatic carbocycles. The van der Waals surface area contributed by atoms with Gasteiger partial charge in [0, 0.05) is 39.7 Å². The van der Waals surface area contributed by atoms with Crippen LogP contribution in [0, 0.1) is 18.3 Å².